The highest BCUT2D eigenvalue weighted by atomic mass is 33.1. The first-order valence-corrected chi connectivity index (χ1v) is 5.90. The first-order chi connectivity index (χ1) is 5.38. The summed E-state index contributed by atoms with van der Waals surface area (Å²) in [5.41, 5.74) is 0. The van der Waals surface area contributed by atoms with Gasteiger partial charge >= 0.3 is 0 Å². The standard InChI is InChI=1S/C8H15NS2/c1-2-7-9(11-10)8-5-3-4-6-8/h2,8,10H,1,3-7H2. The van der Waals surface area contributed by atoms with Crippen molar-refractivity contribution in [2.24, 2.45) is 0 Å². The van der Waals surface area contributed by atoms with Gasteiger partial charge in [-0.1, -0.05) is 30.6 Å². The summed E-state index contributed by atoms with van der Waals surface area (Å²) in [5.74, 6) is 0. The van der Waals surface area contributed by atoms with Crippen LogP contribution in [-0.4, -0.2) is 16.9 Å². The van der Waals surface area contributed by atoms with Crippen LogP contribution in [0.15, 0.2) is 12.7 Å². The van der Waals surface area contributed by atoms with Crippen molar-refractivity contribution in [3.63, 3.8) is 0 Å². The predicted molar refractivity (Wildman–Crippen MR) is 55.7 cm³/mol. The van der Waals surface area contributed by atoms with Gasteiger partial charge in [0.05, 0.1) is 0 Å². The van der Waals surface area contributed by atoms with Crippen molar-refractivity contribution in [3.8, 4) is 0 Å². The van der Waals surface area contributed by atoms with Crippen molar-refractivity contribution in [2.45, 2.75) is 31.7 Å². The molecule has 0 spiro atoms. The molecular formula is C8H15NS2. The van der Waals surface area contributed by atoms with Crippen LogP contribution >= 0.6 is 22.6 Å². The minimum absolute atomic E-state index is 0.746. The van der Waals surface area contributed by atoms with E-state index in [1.807, 2.05) is 6.08 Å². The number of hydrogen-bond donors (Lipinski definition) is 1. The SMILES string of the molecule is C=CCN(SS)C1CCCC1. The summed E-state index contributed by atoms with van der Waals surface area (Å²) in [6.07, 6.45) is 7.38. The number of nitrogens with zero attached hydrogens (tertiary/aromatic N) is 1. The maximum atomic E-state index is 4.22. The van der Waals surface area contributed by atoms with E-state index >= 15 is 0 Å². The van der Waals surface area contributed by atoms with E-state index in [1.165, 1.54) is 25.7 Å². The molecule has 0 radical (unpaired) electrons. The Hall–Kier alpha value is 0.400. The first-order valence-electron chi connectivity index (χ1n) is 4.07. The molecule has 1 rings (SSSR count). The molecule has 0 aliphatic heterocycles. The van der Waals surface area contributed by atoms with Crippen LogP contribution in [0.25, 0.3) is 0 Å². The van der Waals surface area contributed by atoms with Gasteiger partial charge in [0, 0.05) is 12.6 Å². The number of hydrogen-bond acceptors (Lipinski definition) is 3. The lowest BCUT2D eigenvalue weighted by Gasteiger charge is -2.23. The van der Waals surface area contributed by atoms with Gasteiger partial charge in [-0.3, -0.25) is 0 Å². The summed E-state index contributed by atoms with van der Waals surface area (Å²) < 4.78 is 2.31. The third kappa shape index (κ3) is 2.73. The van der Waals surface area contributed by atoms with E-state index in [0.29, 0.717) is 0 Å². The molecule has 1 fully saturated rings. The fourth-order valence-corrected chi connectivity index (χ4v) is 2.68. The van der Waals surface area contributed by atoms with Crippen LogP contribution in [0.2, 0.25) is 0 Å². The molecule has 0 aromatic carbocycles. The fourth-order valence-electron chi connectivity index (χ4n) is 1.57. The second-order valence-corrected chi connectivity index (χ2v) is 4.03. The molecular weight excluding hydrogens is 174 g/mol. The molecule has 0 heterocycles. The highest BCUT2D eigenvalue weighted by molar-refractivity contribution is 8.67. The van der Waals surface area contributed by atoms with E-state index in [-0.39, 0.29) is 0 Å². The van der Waals surface area contributed by atoms with Gasteiger partial charge in [0.25, 0.3) is 0 Å². The number of rotatable bonds is 4. The van der Waals surface area contributed by atoms with E-state index in [1.54, 1.807) is 11.0 Å². The molecule has 0 atom stereocenters. The molecule has 3 heteroatoms. The second-order valence-electron chi connectivity index (χ2n) is 2.91. The summed E-state index contributed by atoms with van der Waals surface area (Å²) in [7, 11) is 1.55. The third-order valence-corrected chi connectivity index (χ3v) is 3.43. The Morgan fingerprint density at radius 3 is 2.64 bits per heavy atom. The van der Waals surface area contributed by atoms with Gasteiger partial charge in [-0.2, -0.15) is 0 Å². The second kappa shape index (κ2) is 5.12. The van der Waals surface area contributed by atoms with Gasteiger partial charge in [-0.05, 0) is 23.8 Å². The lowest BCUT2D eigenvalue weighted by atomic mass is 10.2. The van der Waals surface area contributed by atoms with Crippen molar-refractivity contribution in [1.29, 1.82) is 0 Å². The molecule has 64 valence electrons. The Morgan fingerprint density at radius 2 is 2.18 bits per heavy atom. The Balaban J connectivity index is 2.33. The first kappa shape index (κ1) is 9.49. The number of thiol groups is 1. The smallest absolute Gasteiger partial charge is 0.0278 e. The minimum atomic E-state index is 0.746. The normalized spacial score (nSPS) is 19.5. The molecule has 1 aliphatic carbocycles. The van der Waals surface area contributed by atoms with Crippen molar-refractivity contribution < 1.29 is 0 Å². The molecule has 0 bridgehead atoms. The van der Waals surface area contributed by atoms with E-state index in [0.717, 1.165) is 12.6 Å². The molecule has 0 N–H and O–H groups in total. The van der Waals surface area contributed by atoms with E-state index < -0.39 is 0 Å². The van der Waals surface area contributed by atoms with E-state index in [9.17, 15) is 0 Å². The van der Waals surface area contributed by atoms with Crippen LogP contribution in [0.1, 0.15) is 25.7 Å². The van der Waals surface area contributed by atoms with Gasteiger partial charge in [0.2, 0.25) is 0 Å². The topological polar surface area (TPSA) is 3.24 Å². The highest BCUT2D eigenvalue weighted by Gasteiger charge is 2.20. The lowest BCUT2D eigenvalue weighted by Crippen LogP contribution is -2.25. The molecule has 0 aromatic heterocycles. The zero-order valence-corrected chi connectivity index (χ0v) is 8.41. The van der Waals surface area contributed by atoms with Crippen molar-refractivity contribution in [3.05, 3.63) is 12.7 Å². The van der Waals surface area contributed by atoms with E-state index in [4.69, 9.17) is 0 Å². The summed E-state index contributed by atoms with van der Waals surface area (Å²) >= 11 is 4.22. The van der Waals surface area contributed by atoms with Gasteiger partial charge in [0.15, 0.2) is 0 Å². The van der Waals surface area contributed by atoms with Crippen LogP contribution < -0.4 is 0 Å². The summed E-state index contributed by atoms with van der Waals surface area (Å²) in [6, 6.07) is 0.746. The molecule has 1 saturated carbocycles. The van der Waals surface area contributed by atoms with Gasteiger partial charge in [-0.15, -0.1) is 6.58 Å². The van der Waals surface area contributed by atoms with Crippen LogP contribution in [-0.2, 0) is 0 Å². The predicted octanol–water partition coefficient (Wildman–Crippen LogP) is 2.91. The zero-order chi connectivity index (χ0) is 8.10. The average Bonchev–Trinajstić information content (AvgIpc) is 2.52. The Labute approximate surface area is 78.2 Å². The third-order valence-electron chi connectivity index (χ3n) is 2.15. The quantitative estimate of drug-likeness (QED) is 0.313. The molecule has 0 saturated heterocycles. The monoisotopic (exact) mass is 189 g/mol. The Bertz CT molecular complexity index is 121. The molecule has 11 heavy (non-hydrogen) atoms. The van der Waals surface area contributed by atoms with E-state index in [2.05, 4.69) is 22.5 Å². The molecule has 0 amide bonds. The summed E-state index contributed by atoms with van der Waals surface area (Å²) in [5, 5.41) is 0. The molecule has 0 aromatic rings. The average molecular weight is 189 g/mol. The van der Waals surface area contributed by atoms with Crippen LogP contribution in [0, 0.1) is 0 Å². The zero-order valence-electron chi connectivity index (χ0n) is 6.70. The molecule has 1 nitrogen and oxygen atoms in total. The maximum absolute atomic E-state index is 4.22. The Morgan fingerprint density at radius 1 is 1.55 bits per heavy atom. The van der Waals surface area contributed by atoms with Gasteiger partial charge in [-0.25, -0.2) is 4.31 Å². The van der Waals surface area contributed by atoms with Crippen molar-refractivity contribution in [2.75, 3.05) is 6.54 Å². The Kier molecular flexibility index (Phi) is 4.41. The van der Waals surface area contributed by atoms with Crippen LogP contribution in [0.3, 0.4) is 0 Å². The van der Waals surface area contributed by atoms with Crippen LogP contribution in [0.4, 0.5) is 0 Å². The van der Waals surface area contributed by atoms with Crippen LogP contribution in [0.5, 0.6) is 0 Å². The largest absolute Gasteiger partial charge is 0.235 e. The van der Waals surface area contributed by atoms with Crippen molar-refractivity contribution >= 4 is 22.6 Å². The lowest BCUT2D eigenvalue weighted by molar-refractivity contribution is 0.390. The summed E-state index contributed by atoms with van der Waals surface area (Å²) in [4.78, 5) is 0. The molecule has 1 aliphatic rings. The minimum Gasteiger partial charge on any atom is -0.235 e. The molecule has 0 unspecified atom stereocenters. The van der Waals surface area contributed by atoms with Gasteiger partial charge in [0.1, 0.15) is 0 Å². The fraction of sp³-hybridized carbons (Fsp3) is 0.750. The van der Waals surface area contributed by atoms with Crippen molar-refractivity contribution in [1.82, 2.24) is 4.31 Å². The summed E-state index contributed by atoms with van der Waals surface area (Å²) in [6.45, 7) is 4.69. The maximum Gasteiger partial charge on any atom is 0.0278 e. The van der Waals surface area contributed by atoms with Gasteiger partial charge < -0.3 is 0 Å². The highest BCUT2D eigenvalue weighted by Crippen LogP contribution is 2.29.